The van der Waals surface area contributed by atoms with Crippen LogP contribution >= 0.6 is 0 Å². The van der Waals surface area contributed by atoms with E-state index < -0.39 is 0 Å². The molecule has 0 atom stereocenters. The molecule has 0 bridgehead atoms. The first-order valence-electron chi connectivity index (χ1n) is 22.7. The fraction of sp³-hybridized carbons (Fsp3) is 0.164. The van der Waals surface area contributed by atoms with Gasteiger partial charge >= 0.3 is 0 Å². The molecule has 1 heterocycles. The third-order valence-electron chi connectivity index (χ3n) is 12.6. The molecule has 8 aromatic carbocycles. The van der Waals surface area contributed by atoms with Gasteiger partial charge in [-0.3, -0.25) is 0 Å². The molecular formula is C61H58N4. The second-order valence-electron chi connectivity index (χ2n) is 19.2. The Morgan fingerprint density at radius 1 is 0.538 bits per heavy atom. The van der Waals surface area contributed by atoms with Gasteiger partial charge in [0.1, 0.15) is 5.84 Å². The number of anilines is 2. The Balaban J connectivity index is 1.07. The van der Waals surface area contributed by atoms with Gasteiger partial charge in [0, 0.05) is 51.6 Å². The molecule has 0 fully saturated rings. The van der Waals surface area contributed by atoms with Crippen molar-refractivity contribution in [1.82, 2.24) is 4.57 Å². The maximum atomic E-state index is 7.02. The molecule has 0 amide bonds. The van der Waals surface area contributed by atoms with Gasteiger partial charge in [-0.25, -0.2) is 4.99 Å². The van der Waals surface area contributed by atoms with E-state index in [9.17, 15) is 0 Å². The van der Waals surface area contributed by atoms with Gasteiger partial charge < -0.3 is 15.2 Å². The van der Waals surface area contributed by atoms with Gasteiger partial charge in [0.2, 0.25) is 0 Å². The molecule has 0 aliphatic rings. The standard InChI is InChI=1S/C61H58N4/c1-60(2,3)48-26-16-23-45(38-48)52-29-11-13-31-56(52)64(7)50-27-18-25-47(40-50)59(62)63-55(35-33-42-19-9-8-10-20-42)46-24-15-21-43(37-46)44-22-17-28-51(39-44)65-57-32-14-12-30-53(57)54-41-49(61(4,5)6)34-36-58(54)65/h8-32,34-41H,33H2,1-7H3,(H2,62,63)/b55-35-. The lowest BCUT2D eigenvalue weighted by molar-refractivity contribution is 0.590. The number of rotatable bonds is 10. The smallest absolute Gasteiger partial charge is 0.131 e. The Kier molecular flexibility index (Phi) is 11.6. The van der Waals surface area contributed by atoms with Crippen LogP contribution in [0.25, 0.3) is 55.4 Å². The number of hydrogen-bond donors (Lipinski definition) is 1. The number of benzene rings is 8. The van der Waals surface area contributed by atoms with Gasteiger partial charge in [0.25, 0.3) is 0 Å². The highest BCUT2D eigenvalue weighted by molar-refractivity contribution is 6.09. The van der Waals surface area contributed by atoms with Crippen LogP contribution in [-0.4, -0.2) is 17.5 Å². The second-order valence-corrected chi connectivity index (χ2v) is 19.2. The molecule has 4 nitrogen and oxygen atoms in total. The Hall–Kier alpha value is -7.43. The van der Waals surface area contributed by atoms with E-state index in [1.807, 2.05) is 6.07 Å². The quantitative estimate of drug-likeness (QED) is 0.110. The van der Waals surface area contributed by atoms with Crippen LogP contribution in [0.5, 0.6) is 0 Å². The van der Waals surface area contributed by atoms with Crippen molar-refractivity contribution in [3.8, 4) is 27.9 Å². The van der Waals surface area contributed by atoms with E-state index in [1.54, 1.807) is 0 Å². The third kappa shape index (κ3) is 9.03. The SMILES string of the molecule is CN(c1cccc(C(N)=N/C(=C\Cc2ccccc2)c2cccc(-c3cccc(-n4c5ccccc5c5cc(C(C)(C)C)ccc54)c3)c2)c1)c1ccccc1-c1cccc(C(C)(C)C)c1. The van der Waals surface area contributed by atoms with Crippen molar-refractivity contribution in [3.05, 3.63) is 228 Å². The number of fused-ring (bicyclic) bond motifs is 3. The zero-order chi connectivity index (χ0) is 45.3. The Morgan fingerprint density at radius 2 is 1.17 bits per heavy atom. The Morgan fingerprint density at radius 3 is 1.97 bits per heavy atom. The molecular weight excluding hydrogens is 789 g/mol. The summed E-state index contributed by atoms with van der Waals surface area (Å²) in [5, 5.41) is 2.53. The molecule has 65 heavy (non-hydrogen) atoms. The minimum atomic E-state index is 0.0501. The van der Waals surface area contributed by atoms with Crippen LogP contribution in [-0.2, 0) is 17.3 Å². The molecule has 322 valence electrons. The van der Waals surface area contributed by atoms with Gasteiger partial charge in [0.05, 0.1) is 16.7 Å². The summed E-state index contributed by atoms with van der Waals surface area (Å²) in [6.45, 7) is 13.6. The average Bonchev–Trinajstić information content (AvgIpc) is 3.66. The van der Waals surface area contributed by atoms with Crippen LogP contribution in [0.3, 0.4) is 0 Å². The number of para-hydroxylation sites is 2. The lowest BCUT2D eigenvalue weighted by atomic mass is 9.85. The molecule has 1 aromatic heterocycles. The number of aliphatic imine (C=N–C) groups is 1. The molecule has 9 aromatic rings. The van der Waals surface area contributed by atoms with Crippen molar-refractivity contribution >= 4 is 44.7 Å². The van der Waals surface area contributed by atoms with Gasteiger partial charge in [-0.05, 0) is 105 Å². The molecule has 9 rings (SSSR count). The van der Waals surface area contributed by atoms with Crippen LogP contribution in [0.4, 0.5) is 11.4 Å². The van der Waals surface area contributed by atoms with E-state index >= 15 is 0 Å². The Labute approximate surface area is 385 Å². The van der Waals surface area contributed by atoms with Crippen LogP contribution in [0.1, 0.15) is 69.4 Å². The van der Waals surface area contributed by atoms with Crippen molar-refractivity contribution in [3.63, 3.8) is 0 Å². The molecule has 0 saturated heterocycles. The lowest BCUT2D eigenvalue weighted by Gasteiger charge is -2.25. The zero-order valence-electron chi connectivity index (χ0n) is 38.7. The van der Waals surface area contributed by atoms with Crippen LogP contribution < -0.4 is 10.6 Å². The topological polar surface area (TPSA) is 46.5 Å². The number of amidine groups is 1. The third-order valence-corrected chi connectivity index (χ3v) is 12.6. The van der Waals surface area contributed by atoms with Crippen molar-refractivity contribution in [1.29, 1.82) is 0 Å². The molecule has 0 radical (unpaired) electrons. The molecule has 0 spiro atoms. The summed E-state index contributed by atoms with van der Waals surface area (Å²) >= 11 is 0. The molecule has 2 N–H and O–H groups in total. The Bertz CT molecular complexity index is 3220. The number of allylic oxidation sites excluding steroid dienone is 1. The van der Waals surface area contributed by atoms with Gasteiger partial charge in [0.15, 0.2) is 0 Å². The number of nitrogens with two attached hydrogens (primary N) is 1. The average molecular weight is 847 g/mol. The van der Waals surface area contributed by atoms with Crippen molar-refractivity contribution < 1.29 is 0 Å². The van der Waals surface area contributed by atoms with Gasteiger partial charge in [-0.15, -0.1) is 0 Å². The first-order chi connectivity index (χ1) is 31.3. The predicted molar refractivity (Wildman–Crippen MR) is 279 cm³/mol. The first-order valence-corrected chi connectivity index (χ1v) is 22.7. The summed E-state index contributed by atoms with van der Waals surface area (Å²) in [5.41, 5.74) is 23.9. The van der Waals surface area contributed by atoms with E-state index in [1.165, 1.54) is 49.6 Å². The summed E-state index contributed by atoms with van der Waals surface area (Å²) in [5.74, 6) is 0.458. The maximum absolute atomic E-state index is 7.02. The van der Waals surface area contributed by atoms with E-state index in [0.29, 0.717) is 12.3 Å². The second kappa shape index (κ2) is 17.6. The lowest BCUT2D eigenvalue weighted by Crippen LogP contribution is -2.16. The predicted octanol–water partition coefficient (Wildman–Crippen LogP) is 15.5. The number of nitrogens with zero attached hydrogens (tertiary/aromatic N) is 3. The monoisotopic (exact) mass is 846 g/mol. The summed E-state index contributed by atoms with van der Waals surface area (Å²) in [6, 6.07) is 69.6. The minimum absolute atomic E-state index is 0.0501. The van der Waals surface area contributed by atoms with Crippen LogP contribution in [0.15, 0.2) is 205 Å². The highest BCUT2D eigenvalue weighted by atomic mass is 15.1. The van der Waals surface area contributed by atoms with E-state index in [2.05, 4.69) is 252 Å². The van der Waals surface area contributed by atoms with Crippen molar-refractivity contribution in [2.75, 3.05) is 11.9 Å². The molecule has 0 aliphatic heterocycles. The fourth-order valence-electron chi connectivity index (χ4n) is 8.83. The summed E-state index contributed by atoms with van der Waals surface area (Å²) in [7, 11) is 2.12. The zero-order valence-corrected chi connectivity index (χ0v) is 38.7. The summed E-state index contributed by atoms with van der Waals surface area (Å²) in [4.78, 5) is 7.46. The van der Waals surface area contributed by atoms with Crippen LogP contribution in [0.2, 0.25) is 0 Å². The maximum Gasteiger partial charge on any atom is 0.131 e. The van der Waals surface area contributed by atoms with Gasteiger partial charge in [-0.2, -0.15) is 0 Å². The minimum Gasteiger partial charge on any atom is -0.383 e. The van der Waals surface area contributed by atoms with E-state index in [4.69, 9.17) is 10.7 Å². The van der Waals surface area contributed by atoms with Gasteiger partial charge in [-0.1, -0.05) is 187 Å². The highest BCUT2D eigenvalue weighted by Gasteiger charge is 2.20. The summed E-state index contributed by atoms with van der Waals surface area (Å²) in [6.07, 6.45) is 2.91. The van der Waals surface area contributed by atoms with E-state index in [-0.39, 0.29) is 10.8 Å². The van der Waals surface area contributed by atoms with Crippen LogP contribution in [0, 0.1) is 0 Å². The normalized spacial score (nSPS) is 12.5. The van der Waals surface area contributed by atoms with Crippen molar-refractivity contribution in [2.45, 2.75) is 58.8 Å². The largest absolute Gasteiger partial charge is 0.383 e. The molecule has 0 aliphatic carbocycles. The molecule has 0 saturated carbocycles. The number of hydrogen-bond acceptors (Lipinski definition) is 2. The summed E-state index contributed by atoms with van der Waals surface area (Å²) < 4.78 is 2.40. The first kappa shape index (κ1) is 42.9. The number of aromatic nitrogens is 1. The fourth-order valence-corrected chi connectivity index (χ4v) is 8.83. The molecule has 0 unspecified atom stereocenters. The van der Waals surface area contributed by atoms with Crippen molar-refractivity contribution in [2.24, 2.45) is 10.7 Å². The molecule has 4 heteroatoms. The highest BCUT2D eigenvalue weighted by Crippen LogP contribution is 2.38. The van der Waals surface area contributed by atoms with E-state index in [0.717, 1.165) is 45.0 Å².